The Morgan fingerprint density at radius 3 is 2.19 bits per heavy atom. The topological polar surface area (TPSA) is 51.1 Å². The molecule has 0 unspecified atom stereocenters. The molecule has 1 aliphatic carbocycles. The maximum atomic E-state index is 14.2. The zero-order valence-corrected chi connectivity index (χ0v) is 21.0. The fourth-order valence-corrected chi connectivity index (χ4v) is 5.85. The molecule has 1 saturated carbocycles. The summed E-state index contributed by atoms with van der Waals surface area (Å²) in [6.07, 6.45) is -8.10. The third-order valence-corrected chi connectivity index (χ3v) is 7.95. The van der Waals surface area contributed by atoms with Crippen LogP contribution in [0.2, 0.25) is 0 Å². The minimum atomic E-state index is -4.97. The van der Waals surface area contributed by atoms with Crippen molar-refractivity contribution < 1.29 is 39.2 Å². The number of benzene rings is 2. The molecule has 202 valence electrons. The highest BCUT2D eigenvalue weighted by Gasteiger charge is 2.48. The largest absolute Gasteiger partial charge is 0.417 e. The molecule has 37 heavy (non-hydrogen) atoms. The Labute approximate surface area is 209 Å². The number of sulfonamides is 1. The Kier molecular flexibility index (Phi) is 6.68. The number of hydrogen-bond acceptors (Lipinski definition) is 2. The fraction of sp³-hybridized carbons (Fsp3) is 0.440. The van der Waals surface area contributed by atoms with Gasteiger partial charge in [0.15, 0.2) is 0 Å². The van der Waals surface area contributed by atoms with Gasteiger partial charge in [-0.1, -0.05) is 39.0 Å². The number of rotatable bonds is 6. The highest BCUT2D eigenvalue weighted by Crippen LogP contribution is 2.43. The van der Waals surface area contributed by atoms with Gasteiger partial charge in [-0.2, -0.15) is 31.1 Å². The van der Waals surface area contributed by atoms with Gasteiger partial charge in [0.2, 0.25) is 10.0 Å². The van der Waals surface area contributed by atoms with E-state index in [0.29, 0.717) is 6.07 Å². The van der Waals surface area contributed by atoms with Gasteiger partial charge in [0.05, 0.1) is 10.8 Å². The van der Waals surface area contributed by atoms with E-state index in [2.05, 4.69) is 0 Å². The van der Waals surface area contributed by atoms with Crippen molar-refractivity contribution in [2.45, 2.75) is 63.8 Å². The van der Waals surface area contributed by atoms with E-state index in [4.69, 9.17) is 0 Å². The van der Waals surface area contributed by atoms with Crippen molar-refractivity contribution in [3.05, 3.63) is 59.5 Å². The second-order valence-corrected chi connectivity index (χ2v) is 12.5. The first-order valence-electron chi connectivity index (χ1n) is 11.4. The molecule has 1 aliphatic rings. The van der Waals surface area contributed by atoms with Crippen molar-refractivity contribution in [2.75, 3.05) is 0 Å². The second kappa shape index (κ2) is 9.00. The van der Waals surface area contributed by atoms with Crippen molar-refractivity contribution >= 4 is 20.9 Å². The lowest BCUT2D eigenvalue weighted by atomic mass is 9.96. The summed E-state index contributed by atoms with van der Waals surface area (Å²) in [7, 11) is -4.23. The predicted molar refractivity (Wildman–Crippen MR) is 126 cm³/mol. The van der Waals surface area contributed by atoms with Crippen LogP contribution in [0, 0.1) is 11.2 Å². The monoisotopic (exact) mass is 550 g/mol. The summed E-state index contributed by atoms with van der Waals surface area (Å²) < 4.78 is 125. The van der Waals surface area contributed by atoms with Crippen LogP contribution < -0.4 is 4.72 Å². The molecule has 0 spiro atoms. The van der Waals surface area contributed by atoms with E-state index in [1.807, 2.05) is 20.8 Å². The zero-order chi connectivity index (χ0) is 27.6. The Bertz CT molecular complexity index is 1430. The quantitative estimate of drug-likeness (QED) is 0.330. The molecule has 1 N–H and O–H groups in total. The molecule has 0 radical (unpaired) electrons. The molecular formula is C25H25F7N2O2S. The molecule has 1 aromatic heterocycles. The van der Waals surface area contributed by atoms with E-state index >= 15 is 0 Å². The number of hydrogen-bond donors (Lipinski definition) is 1. The van der Waals surface area contributed by atoms with Gasteiger partial charge in [-0.3, -0.25) is 0 Å². The van der Waals surface area contributed by atoms with Gasteiger partial charge in [0, 0.05) is 29.2 Å². The smallest absolute Gasteiger partial charge is 0.347 e. The van der Waals surface area contributed by atoms with E-state index in [0.717, 1.165) is 12.1 Å². The fourth-order valence-electron chi connectivity index (χ4n) is 4.31. The van der Waals surface area contributed by atoms with Crippen LogP contribution in [0.15, 0.2) is 42.6 Å². The van der Waals surface area contributed by atoms with Gasteiger partial charge in [-0.25, -0.2) is 12.8 Å². The SMILES string of the molecule is CC(C)(C)Cn1cc([C@H](NS(=O)(=O)C2CC2)C(F)(F)F)c2ccc(-c3ccc(F)cc3C(F)(F)F)cc21. The summed E-state index contributed by atoms with van der Waals surface area (Å²) in [4.78, 5) is 0. The van der Waals surface area contributed by atoms with Crippen molar-refractivity contribution in [2.24, 2.45) is 5.41 Å². The number of nitrogens with one attached hydrogen (secondary N) is 1. The molecule has 0 amide bonds. The first-order valence-corrected chi connectivity index (χ1v) is 13.0. The van der Waals surface area contributed by atoms with Crippen molar-refractivity contribution in [3.8, 4) is 11.1 Å². The number of aromatic nitrogens is 1. The highest BCUT2D eigenvalue weighted by atomic mass is 32.2. The maximum absolute atomic E-state index is 14.2. The maximum Gasteiger partial charge on any atom is 0.417 e. The zero-order valence-electron chi connectivity index (χ0n) is 20.1. The molecule has 12 heteroatoms. The predicted octanol–water partition coefficient (Wildman–Crippen LogP) is 7.20. The molecule has 0 bridgehead atoms. The first kappa shape index (κ1) is 27.4. The standard InChI is InChI=1S/C25H25F7N2O2S/c1-23(2,3)13-34-12-19(22(25(30,31)32)33-37(35,36)16-6-7-16)18-8-4-14(10-21(18)34)17-9-5-15(26)11-20(17)24(27,28)29/h4-5,8-12,16,22,33H,6-7,13H2,1-3H3/t22-/m0/s1. The van der Waals surface area contributed by atoms with E-state index in [1.165, 1.54) is 29.0 Å². The van der Waals surface area contributed by atoms with Crippen LogP contribution in [0.4, 0.5) is 30.7 Å². The van der Waals surface area contributed by atoms with Gasteiger partial charge >= 0.3 is 12.4 Å². The van der Waals surface area contributed by atoms with Crippen molar-refractivity contribution in [1.82, 2.24) is 9.29 Å². The molecule has 2 aromatic carbocycles. The van der Waals surface area contributed by atoms with E-state index in [9.17, 15) is 39.2 Å². The lowest BCUT2D eigenvalue weighted by Crippen LogP contribution is -2.39. The Morgan fingerprint density at radius 2 is 1.65 bits per heavy atom. The third-order valence-electron chi connectivity index (χ3n) is 6.04. The summed E-state index contributed by atoms with van der Waals surface area (Å²) in [5.74, 6) is -1.08. The minimum absolute atomic E-state index is 0.0294. The van der Waals surface area contributed by atoms with Crippen molar-refractivity contribution in [1.29, 1.82) is 0 Å². The average molecular weight is 551 g/mol. The van der Waals surface area contributed by atoms with Crippen molar-refractivity contribution in [3.63, 3.8) is 0 Å². The van der Waals surface area contributed by atoms with Gasteiger partial charge in [-0.05, 0) is 47.6 Å². The van der Waals surface area contributed by atoms with Gasteiger partial charge < -0.3 is 4.57 Å². The summed E-state index contributed by atoms with van der Waals surface area (Å²) in [6.45, 7) is 5.70. The molecule has 0 saturated heterocycles. The lowest BCUT2D eigenvalue weighted by Gasteiger charge is -2.22. The Hall–Kier alpha value is -2.60. The molecule has 1 heterocycles. The molecule has 1 fully saturated rings. The molecule has 4 rings (SSSR count). The summed E-state index contributed by atoms with van der Waals surface area (Å²) >= 11 is 0. The van der Waals surface area contributed by atoms with Crippen LogP contribution in [0.3, 0.4) is 0 Å². The van der Waals surface area contributed by atoms with Gasteiger partial charge in [0.1, 0.15) is 11.9 Å². The summed E-state index contributed by atoms with van der Waals surface area (Å²) in [5, 5.41) is -0.837. The van der Waals surface area contributed by atoms with Crippen LogP contribution in [0.5, 0.6) is 0 Å². The highest BCUT2D eigenvalue weighted by molar-refractivity contribution is 7.90. The third kappa shape index (κ3) is 5.95. The molecular weight excluding hydrogens is 525 g/mol. The van der Waals surface area contributed by atoms with Gasteiger partial charge in [-0.15, -0.1) is 0 Å². The molecule has 4 nitrogen and oxygen atoms in total. The van der Waals surface area contributed by atoms with Gasteiger partial charge in [0.25, 0.3) is 0 Å². The van der Waals surface area contributed by atoms with Crippen LogP contribution in [-0.4, -0.2) is 24.4 Å². The Morgan fingerprint density at radius 1 is 1.00 bits per heavy atom. The number of halogens is 7. The summed E-state index contributed by atoms with van der Waals surface area (Å²) in [5.41, 5.74) is -2.11. The summed E-state index contributed by atoms with van der Waals surface area (Å²) in [6, 6.07) is 3.46. The van der Waals surface area contributed by atoms with Crippen LogP contribution in [0.25, 0.3) is 22.0 Å². The van der Waals surface area contributed by atoms with Crippen LogP contribution >= 0.6 is 0 Å². The van der Waals surface area contributed by atoms with E-state index in [-0.39, 0.29) is 47.0 Å². The second-order valence-electron chi connectivity index (χ2n) is 10.5. The number of alkyl halides is 6. The molecule has 3 aromatic rings. The average Bonchev–Trinajstić information content (AvgIpc) is 3.55. The van der Waals surface area contributed by atoms with Crippen LogP contribution in [0.1, 0.15) is 50.8 Å². The Balaban J connectivity index is 1.92. The normalized spacial score (nSPS) is 16.4. The van der Waals surface area contributed by atoms with Crippen LogP contribution in [-0.2, 0) is 22.7 Å². The van der Waals surface area contributed by atoms with E-state index < -0.39 is 50.5 Å². The number of fused-ring (bicyclic) bond motifs is 1. The lowest BCUT2D eigenvalue weighted by molar-refractivity contribution is -0.152. The minimum Gasteiger partial charge on any atom is -0.347 e. The molecule has 1 atom stereocenters. The molecule has 0 aliphatic heterocycles. The number of nitrogens with zero attached hydrogens (tertiary/aromatic N) is 1. The first-order chi connectivity index (χ1) is 16.9. The van der Waals surface area contributed by atoms with E-state index in [1.54, 1.807) is 4.72 Å².